The first-order valence-electron chi connectivity index (χ1n) is 6.93. The van der Waals surface area contributed by atoms with Gasteiger partial charge >= 0.3 is 0 Å². The smallest absolute Gasteiger partial charge is 0.256 e. The lowest BCUT2D eigenvalue weighted by Crippen LogP contribution is -2.03. The van der Waals surface area contributed by atoms with Gasteiger partial charge in [0.1, 0.15) is 5.82 Å². The average Bonchev–Trinajstić information content (AvgIpc) is 2.83. The molecule has 22 heavy (non-hydrogen) atoms. The summed E-state index contributed by atoms with van der Waals surface area (Å²) in [5.41, 5.74) is 3.56. The van der Waals surface area contributed by atoms with E-state index in [0.717, 1.165) is 27.6 Å². The normalized spacial score (nSPS) is 12.7. The molecule has 0 spiro atoms. The van der Waals surface area contributed by atoms with Gasteiger partial charge in [0.2, 0.25) is 0 Å². The van der Waals surface area contributed by atoms with Crippen LogP contribution in [0.1, 0.15) is 21.5 Å². The van der Waals surface area contributed by atoms with Crippen LogP contribution in [0.15, 0.2) is 48.5 Å². The van der Waals surface area contributed by atoms with Gasteiger partial charge in [-0.05, 0) is 47.2 Å². The zero-order chi connectivity index (χ0) is 15.3. The van der Waals surface area contributed by atoms with Gasteiger partial charge in [0, 0.05) is 16.6 Å². The zero-order valence-corrected chi connectivity index (χ0v) is 12.2. The number of hydrogen-bond donors (Lipinski definition) is 1. The summed E-state index contributed by atoms with van der Waals surface area (Å²) in [4.78, 5) is 11.9. The largest absolute Gasteiger partial charge is 0.321 e. The van der Waals surface area contributed by atoms with E-state index in [9.17, 15) is 9.18 Å². The second kappa shape index (κ2) is 4.82. The summed E-state index contributed by atoms with van der Waals surface area (Å²) in [5.74, 6) is -0.483. The van der Waals surface area contributed by atoms with Crippen LogP contribution >= 0.6 is 11.6 Å². The lowest BCUT2D eigenvalue weighted by atomic mass is 9.96. The van der Waals surface area contributed by atoms with E-state index in [2.05, 4.69) is 5.32 Å². The van der Waals surface area contributed by atoms with Gasteiger partial charge in [0.25, 0.3) is 5.91 Å². The summed E-state index contributed by atoms with van der Waals surface area (Å²) in [5, 5.41) is 4.99. The molecular formula is C18H11ClFNO. The molecule has 0 fully saturated rings. The molecule has 1 heterocycles. The minimum absolute atomic E-state index is 0.0671. The highest BCUT2D eigenvalue weighted by atomic mass is 35.5. The Kier molecular flexibility index (Phi) is 2.91. The summed E-state index contributed by atoms with van der Waals surface area (Å²) in [6.45, 7) is 0. The summed E-state index contributed by atoms with van der Waals surface area (Å²) in [6.07, 6.45) is 0.633. The van der Waals surface area contributed by atoms with Crippen molar-refractivity contribution in [3.8, 4) is 0 Å². The topological polar surface area (TPSA) is 29.1 Å². The highest BCUT2D eigenvalue weighted by molar-refractivity contribution is 6.30. The van der Waals surface area contributed by atoms with Crippen LogP contribution in [-0.4, -0.2) is 5.91 Å². The van der Waals surface area contributed by atoms with E-state index in [0.29, 0.717) is 12.0 Å². The van der Waals surface area contributed by atoms with E-state index >= 15 is 0 Å². The first-order valence-corrected chi connectivity index (χ1v) is 7.31. The quantitative estimate of drug-likeness (QED) is 0.724. The molecule has 0 bridgehead atoms. The molecule has 0 radical (unpaired) electrons. The number of nitrogens with one attached hydrogen (secondary N) is 1. The molecular weight excluding hydrogens is 301 g/mol. The molecule has 2 nitrogen and oxygen atoms in total. The Morgan fingerprint density at radius 1 is 1.09 bits per heavy atom. The number of carbonyl (C=O) groups is 1. The van der Waals surface area contributed by atoms with Gasteiger partial charge < -0.3 is 5.32 Å². The van der Waals surface area contributed by atoms with Gasteiger partial charge in [0.15, 0.2) is 0 Å². The maximum atomic E-state index is 13.3. The number of carbonyl (C=O) groups excluding carboxylic acids is 1. The fourth-order valence-corrected chi connectivity index (χ4v) is 3.18. The molecule has 108 valence electrons. The molecule has 4 rings (SSSR count). The molecule has 1 aliphatic rings. The van der Waals surface area contributed by atoms with Gasteiger partial charge in [-0.15, -0.1) is 0 Å². The van der Waals surface area contributed by atoms with Gasteiger partial charge in [0.05, 0.1) is 5.02 Å². The second-order valence-corrected chi connectivity index (χ2v) is 5.79. The Morgan fingerprint density at radius 2 is 1.95 bits per heavy atom. The number of amides is 1. The molecule has 3 aromatic rings. The zero-order valence-electron chi connectivity index (χ0n) is 11.5. The van der Waals surface area contributed by atoms with Crippen molar-refractivity contribution in [1.29, 1.82) is 0 Å². The van der Waals surface area contributed by atoms with Crippen molar-refractivity contribution in [3.05, 3.63) is 76.1 Å². The number of rotatable bonds is 2. The van der Waals surface area contributed by atoms with Gasteiger partial charge in [-0.1, -0.05) is 35.9 Å². The van der Waals surface area contributed by atoms with Crippen LogP contribution in [0.2, 0.25) is 5.02 Å². The van der Waals surface area contributed by atoms with Gasteiger partial charge in [-0.3, -0.25) is 4.79 Å². The molecule has 0 saturated heterocycles. The highest BCUT2D eigenvalue weighted by Crippen LogP contribution is 2.35. The van der Waals surface area contributed by atoms with E-state index in [1.165, 1.54) is 6.07 Å². The molecule has 4 heteroatoms. The molecule has 0 aliphatic carbocycles. The van der Waals surface area contributed by atoms with Gasteiger partial charge in [-0.25, -0.2) is 4.39 Å². The lowest BCUT2D eigenvalue weighted by Gasteiger charge is -2.08. The molecule has 0 aromatic heterocycles. The summed E-state index contributed by atoms with van der Waals surface area (Å²) < 4.78 is 13.3. The maximum absolute atomic E-state index is 13.3. The summed E-state index contributed by atoms with van der Waals surface area (Å²) in [7, 11) is 0. The van der Waals surface area contributed by atoms with E-state index in [-0.39, 0.29) is 10.9 Å². The fourth-order valence-electron chi connectivity index (χ4n) is 2.97. The third-order valence-electron chi connectivity index (χ3n) is 4.00. The molecule has 1 amide bonds. The predicted molar refractivity (Wildman–Crippen MR) is 86.1 cm³/mol. The maximum Gasteiger partial charge on any atom is 0.256 e. The minimum Gasteiger partial charge on any atom is -0.321 e. The third kappa shape index (κ3) is 1.97. The second-order valence-electron chi connectivity index (χ2n) is 5.38. The van der Waals surface area contributed by atoms with Crippen LogP contribution in [0.5, 0.6) is 0 Å². The van der Waals surface area contributed by atoms with E-state index in [1.807, 2.05) is 30.3 Å². The Hall–Kier alpha value is -2.39. The Morgan fingerprint density at radius 3 is 2.77 bits per heavy atom. The van der Waals surface area contributed by atoms with Crippen molar-refractivity contribution in [3.63, 3.8) is 0 Å². The Labute approximate surface area is 131 Å². The van der Waals surface area contributed by atoms with Crippen molar-refractivity contribution in [2.45, 2.75) is 6.42 Å². The van der Waals surface area contributed by atoms with Crippen LogP contribution in [0, 0.1) is 5.82 Å². The lowest BCUT2D eigenvalue weighted by molar-refractivity contribution is 0.103. The first kappa shape index (κ1) is 13.3. The predicted octanol–water partition coefficient (Wildman–Crippen LogP) is 4.79. The third-order valence-corrected chi connectivity index (χ3v) is 4.29. The van der Waals surface area contributed by atoms with Crippen molar-refractivity contribution < 1.29 is 9.18 Å². The Bertz CT molecular complexity index is 936. The van der Waals surface area contributed by atoms with Crippen LogP contribution in [0.4, 0.5) is 10.1 Å². The van der Waals surface area contributed by atoms with Crippen LogP contribution < -0.4 is 5.32 Å². The van der Waals surface area contributed by atoms with Crippen molar-refractivity contribution in [1.82, 2.24) is 0 Å². The van der Waals surface area contributed by atoms with Crippen LogP contribution in [0.25, 0.3) is 10.8 Å². The average molecular weight is 312 g/mol. The van der Waals surface area contributed by atoms with Gasteiger partial charge in [-0.2, -0.15) is 0 Å². The number of benzene rings is 3. The fraction of sp³-hybridized carbons (Fsp3) is 0.0556. The van der Waals surface area contributed by atoms with E-state index < -0.39 is 5.82 Å². The van der Waals surface area contributed by atoms with E-state index in [1.54, 1.807) is 12.1 Å². The Balaban J connectivity index is 1.85. The first-order chi connectivity index (χ1) is 10.6. The number of halogens is 2. The summed E-state index contributed by atoms with van der Waals surface area (Å²) >= 11 is 5.85. The highest BCUT2D eigenvalue weighted by Gasteiger charge is 2.22. The molecule has 3 aromatic carbocycles. The summed E-state index contributed by atoms with van der Waals surface area (Å²) in [6, 6.07) is 14.4. The minimum atomic E-state index is -0.416. The van der Waals surface area contributed by atoms with Crippen molar-refractivity contribution >= 4 is 34.0 Å². The van der Waals surface area contributed by atoms with Crippen molar-refractivity contribution in [2.24, 2.45) is 0 Å². The number of anilines is 1. The molecule has 0 atom stereocenters. The molecule has 1 N–H and O–H groups in total. The van der Waals surface area contributed by atoms with Crippen LogP contribution in [0.3, 0.4) is 0 Å². The standard InChI is InChI=1S/C18H11ClFNO/c19-14-9-10(4-7-15(14)20)8-11-5-6-13-17-12(11)2-1-3-16(17)21-18(13)22/h1-7,9H,8H2,(H,21,22). The van der Waals surface area contributed by atoms with Crippen molar-refractivity contribution in [2.75, 3.05) is 5.32 Å². The number of hydrogen-bond acceptors (Lipinski definition) is 1. The van der Waals surface area contributed by atoms with E-state index in [4.69, 9.17) is 11.6 Å². The molecule has 0 unspecified atom stereocenters. The molecule has 0 saturated carbocycles. The molecule has 1 aliphatic heterocycles. The monoisotopic (exact) mass is 311 g/mol. The SMILES string of the molecule is O=C1Nc2cccc3c(Cc4ccc(F)c(Cl)c4)ccc1c23. The van der Waals surface area contributed by atoms with Crippen LogP contribution in [-0.2, 0) is 6.42 Å².